The van der Waals surface area contributed by atoms with Gasteiger partial charge in [0.15, 0.2) is 0 Å². The minimum absolute atomic E-state index is 0.0580. The highest BCUT2D eigenvalue weighted by molar-refractivity contribution is 5.92. The molecule has 10 heteroatoms. The highest BCUT2D eigenvalue weighted by Crippen LogP contribution is 2.32. The third-order valence-electron chi connectivity index (χ3n) is 4.29. The predicted molar refractivity (Wildman–Crippen MR) is 104 cm³/mol. The van der Waals surface area contributed by atoms with Crippen LogP contribution in [0.25, 0.3) is 0 Å². The topological polar surface area (TPSA) is 103 Å². The summed E-state index contributed by atoms with van der Waals surface area (Å²) < 4.78 is 40.1. The molecule has 0 unspecified atom stereocenters. The molecule has 30 heavy (non-hydrogen) atoms. The van der Waals surface area contributed by atoms with Crippen LogP contribution in [0.5, 0.6) is 0 Å². The van der Waals surface area contributed by atoms with Crippen molar-refractivity contribution in [3.8, 4) is 0 Å². The minimum atomic E-state index is -4.56. The van der Waals surface area contributed by atoms with E-state index in [9.17, 15) is 22.8 Å². The number of amides is 1. The Morgan fingerprint density at radius 3 is 2.63 bits per heavy atom. The zero-order chi connectivity index (χ0) is 21.9. The van der Waals surface area contributed by atoms with E-state index < -0.39 is 29.2 Å². The van der Waals surface area contributed by atoms with Gasteiger partial charge in [0, 0.05) is 18.0 Å². The number of anilines is 1. The second-order valence-electron chi connectivity index (χ2n) is 6.62. The van der Waals surface area contributed by atoms with Gasteiger partial charge in [-0.15, -0.1) is 0 Å². The number of pyridine rings is 1. The van der Waals surface area contributed by atoms with Gasteiger partial charge in [0.1, 0.15) is 5.69 Å². The zero-order valence-corrected chi connectivity index (χ0v) is 15.8. The van der Waals surface area contributed by atoms with E-state index in [1.54, 1.807) is 24.4 Å². The van der Waals surface area contributed by atoms with E-state index in [-0.39, 0.29) is 23.5 Å². The molecule has 7 nitrogen and oxygen atoms in total. The lowest BCUT2D eigenvalue weighted by molar-refractivity contribution is -0.137. The van der Waals surface area contributed by atoms with E-state index in [1.165, 1.54) is 25.1 Å². The fourth-order valence-electron chi connectivity index (χ4n) is 2.77. The van der Waals surface area contributed by atoms with Crippen LogP contribution in [0.1, 0.15) is 40.3 Å². The molecule has 0 spiro atoms. The van der Waals surface area contributed by atoms with E-state index >= 15 is 0 Å². The number of alkyl halides is 3. The first-order valence-electron chi connectivity index (χ1n) is 8.90. The molecule has 3 rings (SSSR count). The SMILES string of the molecule is C[C@@H](NC(=O)c1ccc(=O)n(Cc2ccccn2)n1)c1cc(N)cc(C(F)(F)F)c1. The van der Waals surface area contributed by atoms with Gasteiger partial charge in [-0.3, -0.25) is 14.6 Å². The van der Waals surface area contributed by atoms with Crippen molar-refractivity contribution in [2.75, 3.05) is 5.73 Å². The van der Waals surface area contributed by atoms with Crippen LogP contribution in [0, 0.1) is 0 Å². The average Bonchev–Trinajstić information content (AvgIpc) is 2.69. The summed E-state index contributed by atoms with van der Waals surface area (Å²) in [5.41, 5.74) is 4.90. The van der Waals surface area contributed by atoms with Crippen LogP contribution in [0.4, 0.5) is 18.9 Å². The smallest absolute Gasteiger partial charge is 0.399 e. The summed E-state index contributed by atoms with van der Waals surface area (Å²) in [6.07, 6.45) is -2.99. The molecule has 1 atom stereocenters. The van der Waals surface area contributed by atoms with Gasteiger partial charge in [0.05, 0.1) is 23.8 Å². The predicted octanol–water partition coefficient (Wildman–Crippen LogP) is 2.78. The van der Waals surface area contributed by atoms with Crippen molar-refractivity contribution in [3.63, 3.8) is 0 Å². The third-order valence-corrected chi connectivity index (χ3v) is 4.29. The molecule has 1 aromatic carbocycles. The van der Waals surface area contributed by atoms with E-state index in [4.69, 9.17) is 5.73 Å². The van der Waals surface area contributed by atoms with Gasteiger partial charge in [-0.2, -0.15) is 18.3 Å². The number of hydrogen-bond donors (Lipinski definition) is 2. The second-order valence-corrected chi connectivity index (χ2v) is 6.62. The number of nitrogens with two attached hydrogens (primary N) is 1. The van der Waals surface area contributed by atoms with Gasteiger partial charge < -0.3 is 11.1 Å². The summed E-state index contributed by atoms with van der Waals surface area (Å²) in [7, 11) is 0. The lowest BCUT2D eigenvalue weighted by Crippen LogP contribution is -2.31. The summed E-state index contributed by atoms with van der Waals surface area (Å²) in [5, 5.41) is 6.61. The normalized spacial score (nSPS) is 12.4. The Bertz CT molecular complexity index is 1110. The van der Waals surface area contributed by atoms with Crippen molar-refractivity contribution < 1.29 is 18.0 Å². The summed E-state index contributed by atoms with van der Waals surface area (Å²) >= 11 is 0. The maximum atomic E-state index is 13.0. The molecule has 3 N–H and O–H groups in total. The molecule has 3 aromatic rings. The maximum absolute atomic E-state index is 13.0. The fourth-order valence-corrected chi connectivity index (χ4v) is 2.77. The number of aromatic nitrogens is 3. The van der Waals surface area contributed by atoms with Crippen molar-refractivity contribution in [1.29, 1.82) is 0 Å². The van der Waals surface area contributed by atoms with Crippen LogP contribution in [-0.4, -0.2) is 20.7 Å². The van der Waals surface area contributed by atoms with Crippen LogP contribution >= 0.6 is 0 Å². The molecule has 0 aliphatic heterocycles. The monoisotopic (exact) mass is 417 g/mol. The number of rotatable bonds is 5. The molecular formula is C20H18F3N5O2. The van der Waals surface area contributed by atoms with Crippen molar-refractivity contribution in [3.05, 3.63) is 87.6 Å². The molecule has 0 aliphatic rings. The largest absolute Gasteiger partial charge is 0.416 e. The third kappa shape index (κ3) is 5.02. The molecule has 0 saturated heterocycles. The highest BCUT2D eigenvalue weighted by Gasteiger charge is 2.31. The molecule has 0 bridgehead atoms. The molecule has 0 fully saturated rings. The standard InChI is InChI=1S/C20H18F3N5O2/c1-12(13-8-14(20(21,22)23)10-15(24)9-13)26-19(30)17-5-6-18(29)28(27-17)11-16-4-2-3-7-25-16/h2-10,12H,11,24H2,1H3,(H,26,30)/t12-/m1/s1. The first-order valence-corrected chi connectivity index (χ1v) is 8.90. The molecule has 0 radical (unpaired) electrons. The van der Waals surface area contributed by atoms with Crippen molar-refractivity contribution in [1.82, 2.24) is 20.1 Å². The number of carbonyl (C=O) groups excluding carboxylic acids is 1. The van der Waals surface area contributed by atoms with Gasteiger partial charge in [0.2, 0.25) is 0 Å². The van der Waals surface area contributed by atoms with Crippen LogP contribution in [0.2, 0.25) is 0 Å². The number of carbonyl (C=O) groups is 1. The molecule has 1 amide bonds. The quantitative estimate of drug-likeness (QED) is 0.622. The number of hydrogen-bond acceptors (Lipinski definition) is 5. The number of nitrogen functional groups attached to an aromatic ring is 1. The summed E-state index contributed by atoms with van der Waals surface area (Å²) in [5.74, 6) is -0.645. The Balaban J connectivity index is 1.80. The molecule has 0 saturated carbocycles. The van der Waals surface area contributed by atoms with Crippen molar-refractivity contribution >= 4 is 11.6 Å². The van der Waals surface area contributed by atoms with Gasteiger partial charge in [-0.1, -0.05) is 6.07 Å². The minimum Gasteiger partial charge on any atom is -0.399 e. The summed E-state index contributed by atoms with van der Waals surface area (Å²) in [6, 6.07) is 9.97. The Kier molecular flexibility index (Phi) is 5.86. The lowest BCUT2D eigenvalue weighted by Gasteiger charge is -2.17. The number of nitrogens with one attached hydrogen (secondary N) is 1. The van der Waals surface area contributed by atoms with Crippen LogP contribution in [0.15, 0.2) is 59.5 Å². The Labute approximate surface area is 169 Å². The molecule has 2 aromatic heterocycles. The Hall–Kier alpha value is -3.69. The van der Waals surface area contributed by atoms with Gasteiger partial charge in [0.25, 0.3) is 11.5 Å². The first kappa shape index (κ1) is 21.0. The van der Waals surface area contributed by atoms with E-state index in [0.29, 0.717) is 5.69 Å². The first-order chi connectivity index (χ1) is 14.1. The average molecular weight is 417 g/mol. The number of nitrogens with zero attached hydrogens (tertiary/aromatic N) is 3. The van der Waals surface area contributed by atoms with Gasteiger partial charge in [-0.25, -0.2) is 4.68 Å². The van der Waals surface area contributed by atoms with E-state index in [0.717, 1.165) is 16.8 Å². The summed E-state index contributed by atoms with van der Waals surface area (Å²) in [6.45, 7) is 1.59. The van der Waals surface area contributed by atoms with E-state index in [2.05, 4.69) is 15.4 Å². The van der Waals surface area contributed by atoms with Crippen molar-refractivity contribution in [2.45, 2.75) is 25.7 Å². The van der Waals surface area contributed by atoms with E-state index in [1.807, 2.05) is 0 Å². The number of benzene rings is 1. The van der Waals surface area contributed by atoms with Gasteiger partial charge >= 0.3 is 6.18 Å². The second kappa shape index (κ2) is 8.36. The zero-order valence-electron chi connectivity index (χ0n) is 15.8. The van der Waals surface area contributed by atoms with Crippen LogP contribution in [0.3, 0.4) is 0 Å². The Morgan fingerprint density at radius 2 is 1.97 bits per heavy atom. The van der Waals surface area contributed by atoms with Crippen LogP contribution < -0.4 is 16.6 Å². The van der Waals surface area contributed by atoms with Gasteiger partial charge in [-0.05, 0) is 48.9 Å². The lowest BCUT2D eigenvalue weighted by atomic mass is 10.0. The summed E-state index contributed by atoms with van der Waals surface area (Å²) in [4.78, 5) is 28.7. The maximum Gasteiger partial charge on any atom is 0.416 e. The van der Waals surface area contributed by atoms with Crippen molar-refractivity contribution in [2.24, 2.45) is 0 Å². The Morgan fingerprint density at radius 1 is 1.20 bits per heavy atom. The molecule has 2 heterocycles. The number of halogens is 3. The highest BCUT2D eigenvalue weighted by atomic mass is 19.4. The molecule has 0 aliphatic carbocycles. The molecule has 156 valence electrons. The molecular weight excluding hydrogens is 399 g/mol. The fraction of sp³-hybridized carbons (Fsp3) is 0.200. The van der Waals surface area contributed by atoms with Crippen LogP contribution in [-0.2, 0) is 12.7 Å².